The molecule has 0 heterocycles. The van der Waals surface area contributed by atoms with Crippen molar-refractivity contribution in [1.29, 1.82) is 0 Å². The molecule has 0 fully saturated rings. The Morgan fingerprint density at radius 1 is 1.28 bits per heavy atom. The van der Waals surface area contributed by atoms with Crippen molar-refractivity contribution in [3.8, 4) is 11.5 Å². The Hall–Kier alpha value is -1.75. The third kappa shape index (κ3) is 3.92. The molecule has 18 heavy (non-hydrogen) atoms. The van der Waals surface area contributed by atoms with Gasteiger partial charge in [0, 0.05) is 19.5 Å². The maximum absolute atomic E-state index is 11.8. The molecule has 100 valence electrons. The summed E-state index contributed by atoms with van der Waals surface area (Å²) in [6.45, 7) is 2.73. The third-order valence-electron chi connectivity index (χ3n) is 2.77. The van der Waals surface area contributed by atoms with Crippen LogP contribution in [0.2, 0.25) is 0 Å². The summed E-state index contributed by atoms with van der Waals surface area (Å²) in [4.78, 5) is 13.4. The van der Waals surface area contributed by atoms with E-state index in [1.165, 1.54) is 12.1 Å². The van der Waals surface area contributed by atoms with Crippen molar-refractivity contribution in [2.45, 2.75) is 19.8 Å². The molecule has 0 unspecified atom stereocenters. The molecule has 0 atom stereocenters. The number of phenolic OH excluding ortho intramolecular Hbond substituents is 2. The van der Waals surface area contributed by atoms with Gasteiger partial charge in [-0.25, -0.2) is 0 Å². The molecule has 0 aliphatic carbocycles. The van der Waals surface area contributed by atoms with Crippen LogP contribution in [0.4, 0.5) is 0 Å². The van der Waals surface area contributed by atoms with E-state index in [0.29, 0.717) is 25.9 Å². The normalized spacial score (nSPS) is 10.3. The van der Waals surface area contributed by atoms with Gasteiger partial charge in [0.1, 0.15) is 0 Å². The van der Waals surface area contributed by atoms with E-state index in [4.69, 9.17) is 10.2 Å². The van der Waals surface area contributed by atoms with Crippen LogP contribution in [0.3, 0.4) is 0 Å². The number of aliphatic hydroxyl groups excluding tert-OH is 1. The smallest absolute Gasteiger partial charge is 0.222 e. The van der Waals surface area contributed by atoms with E-state index in [9.17, 15) is 9.90 Å². The molecule has 1 amide bonds. The van der Waals surface area contributed by atoms with Crippen LogP contribution in [0.5, 0.6) is 11.5 Å². The number of nitrogens with zero attached hydrogens (tertiary/aromatic N) is 1. The zero-order valence-corrected chi connectivity index (χ0v) is 10.5. The van der Waals surface area contributed by atoms with E-state index in [-0.39, 0.29) is 24.0 Å². The van der Waals surface area contributed by atoms with Crippen LogP contribution in [-0.4, -0.2) is 45.8 Å². The monoisotopic (exact) mass is 253 g/mol. The molecular formula is C13H19NO4. The molecule has 0 saturated heterocycles. The van der Waals surface area contributed by atoms with Crippen molar-refractivity contribution in [3.63, 3.8) is 0 Å². The molecule has 5 nitrogen and oxygen atoms in total. The second-order valence-corrected chi connectivity index (χ2v) is 4.02. The van der Waals surface area contributed by atoms with Gasteiger partial charge in [0.05, 0.1) is 6.61 Å². The Morgan fingerprint density at radius 2 is 2.00 bits per heavy atom. The number of aromatic hydroxyl groups is 2. The lowest BCUT2D eigenvalue weighted by atomic mass is 10.1. The van der Waals surface area contributed by atoms with Gasteiger partial charge in [0.2, 0.25) is 5.91 Å². The van der Waals surface area contributed by atoms with Gasteiger partial charge < -0.3 is 20.2 Å². The Labute approximate surface area is 106 Å². The van der Waals surface area contributed by atoms with Crippen molar-refractivity contribution in [1.82, 2.24) is 4.90 Å². The fourth-order valence-corrected chi connectivity index (χ4v) is 1.71. The molecule has 0 spiro atoms. The molecule has 0 aromatic heterocycles. The summed E-state index contributed by atoms with van der Waals surface area (Å²) in [5, 5.41) is 27.3. The van der Waals surface area contributed by atoms with Crippen LogP contribution >= 0.6 is 0 Å². The molecule has 0 aliphatic heterocycles. The van der Waals surface area contributed by atoms with Gasteiger partial charge in [-0.1, -0.05) is 6.07 Å². The number of amides is 1. The first-order valence-corrected chi connectivity index (χ1v) is 5.98. The minimum atomic E-state index is -0.178. The Bertz CT molecular complexity index is 406. The lowest BCUT2D eigenvalue weighted by Crippen LogP contribution is -2.33. The fourth-order valence-electron chi connectivity index (χ4n) is 1.71. The molecule has 3 N–H and O–H groups in total. The highest BCUT2D eigenvalue weighted by molar-refractivity contribution is 5.76. The van der Waals surface area contributed by atoms with Gasteiger partial charge in [0.15, 0.2) is 11.5 Å². The summed E-state index contributed by atoms with van der Waals surface area (Å²) in [5.41, 5.74) is 0.790. The molecule has 1 rings (SSSR count). The van der Waals surface area contributed by atoms with Gasteiger partial charge in [-0.05, 0) is 31.0 Å². The highest BCUT2D eigenvalue weighted by atomic mass is 16.3. The number of carbonyl (C=O) groups is 1. The summed E-state index contributed by atoms with van der Waals surface area (Å²) < 4.78 is 0. The number of hydrogen-bond acceptors (Lipinski definition) is 4. The van der Waals surface area contributed by atoms with Crippen LogP contribution in [0.25, 0.3) is 0 Å². The van der Waals surface area contributed by atoms with Crippen LogP contribution in [0.1, 0.15) is 18.9 Å². The first-order valence-electron chi connectivity index (χ1n) is 5.98. The number of phenols is 2. The van der Waals surface area contributed by atoms with Gasteiger partial charge in [0.25, 0.3) is 0 Å². The fraction of sp³-hybridized carbons (Fsp3) is 0.462. The van der Waals surface area contributed by atoms with E-state index in [2.05, 4.69) is 0 Å². The van der Waals surface area contributed by atoms with E-state index in [0.717, 1.165) is 5.56 Å². The number of likely N-dealkylation sites (N-methyl/N-ethyl adjacent to an activating group) is 1. The lowest BCUT2D eigenvalue weighted by Gasteiger charge is -2.19. The average Bonchev–Trinajstić information content (AvgIpc) is 2.37. The van der Waals surface area contributed by atoms with E-state index in [1.807, 2.05) is 6.92 Å². The largest absolute Gasteiger partial charge is 0.504 e. The summed E-state index contributed by atoms with van der Waals surface area (Å²) in [6, 6.07) is 4.52. The zero-order chi connectivity index (χ0) is 13.5. The first-order chi connectivity index (χ1) is 8.58. The quantitative estimate of drug-likeness (QED) is 0.657. The average molecular weight is 253 g/mol. The van der Waals surface area contributed by atoms with Crippen molar-refractivity contribution < 1.29 is 20.1 Å². The topological polar surface area (TPSA) is 81.0 Å². The minimum Gasteiger partial charge on any atom is -0.504 e. The lowest BCUT2D eigenvalue weighted by molar-refractivity contribution is -0.131. The number of rotatable bonds is 6. The van der Waals surface area contributed by atoms with E-state index < -0.39 is 0 Å². The Kier molecular flexibility index (Phi) is 5.45. The summed E-state index contributed by atoms with van der Waals surface area (Å²) in [6.07, 6.45) is 0.812. The standard InChI is InChI=1S/C13H19NO4/c1-2-14(7-8-15)13(18)6-4-10-3-5-11(16)12(17)9-10/h3,5,9,15-17H,2,4,6-8H2,1H3. The highest BCUT2D eigenvalue weighted by Crippen LogP contribution is 2.25. The molecular weight excluding hydrogens is 234 g/mol. The Morgan fingerprint density at radius 3 is 2.56 bits per heavy atom. The second-order valence-electron chi connectivity index (χ2n) is 4.02. The third-order valence-corrected chi connectivity index (χ3v) is 2.77. The number of aliphatic hydroxyl groups is 1. The van der Waals surface area contributed by atoms with E-state index in [1.54, 1.807) is 11.0 Å². The predicted octanol–water partition coefficient (Wildman–Crippen LogP) is 0.871. The molecule has 0 bridgehead atoms. The molecule has 0 radical (unpaired) electrons. The first kappa shape index (κ1) is 14.3. The van der Waals surface area contributed by atoms with Crippen molar-refractivity contribution in [2.75, 3.05) is 19.7 Å². The van der Waals surface area contributed by atoms with Crippen LogP contribution in [0.15, 0.2) is 18.2 Å². The predicted molar refractivity (Wildman–Crippen MR) is 67.4 cm³/mol. The minimum absolute atomic E-state index is 0.0286. The maximum Gasteiger partial charge on any atom is 0.222 e. The van der Waals surface area contributed by atoms with E-state index >= 15 is 0 Å². The molecule has 0 saturated carbocycles. The van der Waals surface area contributed by atoms with Gasteiger partial charge in [-0.3, -0.25) is 4.79 Å². The number of hydrogen-bond donors (Lipinski definition) is 3. The summed E-state index contributed by atoms with van der Waals surface area (Å²) in [5.74, 6) is -0.373. The molecule has 1 aromatic carbocycles. The van der Waals surface area contributed by atoms with Crippen LogP contribution in [-0.2, 0) is 11.2 Å². The van der Waals surface area contributed by atoms with Gasteiger partial charge in [-0.15, -0.1) is 0 Å². The second kappa shape index (κ2) is 6.86. The maximum atomic E-state index is 11.8. The van der Waals surface area contributed by atoms with Crippen LogP contribution < -0.4 is 0 Å². The number of carbonyl (C=O) groups excluding carboxylic acids is 1. The molecule has 1 aromatic rings. The van der Waals surface area contributed by atoms with Crippen molar-refractivity contribution in [2.24, 2.45) is 0 Å². The van der Waals surface area contributed by atoms with Crippen molar-refractivity contribution in [3.05, 3.63) is 23.8 Å². The number of aryl methyl sites for hydroxylation is 1. The van der Waals surface area contributed by atoms with Crippen molar-refractivity contribution >= 4 is 5.91 Å². The molecule has 5 heteroatoms. The summed E-state index contributed by atoms with van der Waals surface area (Å²) >= 11 is 0. The Balaban J connectivity index is 2.53. The zero-order valence-electron chi connectivity index (χ0n) is 10.5. The number of benzene rings is 1. The highest BCUT2D eigenvalue weighted by Gasteiger charge is 2.11. The molecule has 0 aliphatic rings. The van der Waals surface area contributed by atoms with Gasteiger partial charge in [-0.2, -0.15) is 0 Å². The SMILES string of the molecule is CCN(CCO)C(=O)CCc1ccc(O)c(O)c1. The van der Waals surface area contributed by atoms with Gasteiger partial charge >= 0.3 is 0 Å². The van der Waals surface area contributed by atoms with Crippen LogP contribution in [0, 0.1) is 0 Å². The summed E-state index contributed by atoms with van der Waals surface area (Å²) in [7, 11) is 0.